The summed E-state index contributed by atoms with van der Waals surface area (Å²) in [5.74, 6) is -0.235. The summed E-state index contributed by atoms with van der Waals surface area (Å²) in [4.78, 5) is 38.0. The first-order chi connectivity index (χ1) is 14.4. The van der Waals surface area contributed by atoms with Crippen LogP contribution in [0.3, 0.4) is 0 Å². The zero-order chi connectivity index (χ0) is 21.6. The fourth-order valence-electron chi connectivity index (χ4n) is 4.73. The fourth-order valence-corrected chi connectivity index (χ4v) is 4.73. The lowest BCUT2D eigenvalue weighted by Crippen LogP contribution is -2.52. The SMILES string of the molecule is CC(=O)NCCCCCC(=O)N1C[C@@H](c2ccc(F)cc2)[C@@]2(CCCCC(=O)N2)C1. The normalized spacial score (nSPS) is 23.9. The molecule has 2 saturated heterocycles. The van der Waals surface area contributed by atoms with Crippen molar-refractivity contribution in [3.8, 4) is 0 Å². The zero-order valence-electron chi connectivity index (χ0n) is 17.7. The summed E-state index contributed by atoms with van der Waals surface area (Å²) in [5, 5.41) is 5.99. The number of halogens is 1. The monoisotopic (exact) mass is 417 g/mol. The zero-order valence-corrected chi connectivity index (χ0v) is 17.7. The Balaban J connectivity index is 1.65. The van der Waals surface area contributed by atoms with Crippen molar-refractivity contribution >= 4 is 17.7 Å². The van der Waals surface area contributed by atoms with Crippen LogP contribution in [0.25, 0.3) is 0 Å². The lowest BCUT2D eigenvalue weighted by Gasteiger charge is -2.34. The van der Waals surface area contributed by atoms with E-state index in [9.17, 15) is 18.8 Å². The number of unbranched alkanes of at least 4 members (excludes halogenated alkanes) is 2. The average molecular weight is 418 g/mol. The second-order valence-electron chi connectivity index (χ2n) is 8.58. The Bertz CT molecular complexity index is 767. The summed E-state index contributed by atoms with van der Waals surface area (Å²) < 4.78 is 13.5. The first kappa shape index (κ1) is 22.2. The highest BCUT2D eigenvalue weighted by atomic mass is 19.1. The smallest absolute Gasteiger partial charge is 0.222 e. The molecule has 30 heavy (non-hydrogen) atoms. The van der Waals surface area contributed by atoms with Gasteiger partial charge >= 0.3 is 0 Å². The molecule has 6 nitrogen and oxygen atoms in total. The number of hydrogen-bond donors (Lipinski definition) is 2. The van der Waals surface area contributed by atoms with E-state index in [0.717, 1.165) is 44.1 Å². The van der Waals surface area contributed by atoms with E-state index >= 15 is 0 Å². The lowest BCUT2D eigenvalue weighted by atomic mass is 9.79. The summed E-state index contributed by atoms with van der Waals surface area (Å²) in [6.07, 6.45) is 6.08. The van der Waals surface area contributed by atoms with Crippen LogP contribution in [0, 0.1) is 5.82 Å². The average Bonchev–Trinajstić information content (AvgIpc) is 2.96. The molecule has 0 unspecified atom stereocenters. The van der Waals surface area contributed by atoms with Crippen molar-refractivity contribution < 1.29 is 18.8 Å². The molecule has 2 aliphatic heterocycles. The summed E-state index contributed by atoms with van der Waals surface area (Å²) in [5.41, 5.74) is 0.483. The minimum atomic E-state index is -0.480. The predicted octanol–water partition coefficient (Wildman–Crippen LogP) is 2.88. The fraction of sp³-hybridized carbons (Fsp3) is 0.609. The van der Waals surface area contributed by atoms with Crippen molar-refractivity contribution in [2.75, 3.05) is 19.6 Å². The van der Waals surface area contributed by atoms with E-state index in [1.807, 2.05) is 4.90 Å². The number of rotatable bonds is 7. The molecule has 2 heterocycles. The topological polar surface area (TPSA) is 78.5 Å². The van der Waals surface area contributed by atoms with E-state index in [1.165, 1.54) is 19.1 Å². The predicted molar refractivity (Wildman–Crippen MR) is 112 cm³/mol. The van der Waals surface area contributed by atoms with E-state index in [4.69, 9.17) is 0 Å². The van der Waals surface area contributed by atoms with Crippen molar-refractivity contribution in [1.29, 1.82) is 0 Å². The van der Waals surface area contributed by atoms with Crippen molar-refractivity contribution in [3.63, 3.8) is 0 Å². The molecule has 0 saturated carbocycles. The van der Waals surface area contributed by atoms with Gasteiger partial charge in [0.2, 0.25) is 17.7 Å². The number of likely N-dealkylation sites (tertiary alicyclic amines) is 1. The number of carbonyl (C=O) groups excluding carboxylic acids is 3. The van der Waals surface area contributed by atoms with E-state index < -0.39 is 5.54 Å². The largest absolute Gasteiger partial charge is 0.356 e. The number of nitrogens with one attached hydrogen (secondary N) is 2. The molecule has 3 rings (SSSR count). The van der Waals surface area contributed by atoms with E-state index in [0.29, 0.717) is 32.5 Å². The molecule has 0 aromatic heterocycles. The minimum Gasteiger partial charge on any atom is -0.356 e. The summed E-state index contributed by atoms with van der Waals surface area (Å²) in [6, 6.07) is 6.44. The molecule has 0 aliphatic carbocycles. The first-order valence-corrected chi connectivity index (χ1v) is 11.0. The molecule has 164 valence electrons. The molecule has 2 N–H and O–H groups in total. The molecular formula is C23H32FN3O3. The number of nitrogens with zero attached hydrogens (tertiary/aromatic N) is 1. The molecule has 1 spiro atoms. The Morgan fingerprint density at radius 3 is 2.70 bits per heavy atom. The Morgan fingerprint density at radius 1 is 1.20 bits per heavy atom. The van der Waals surface area contributed by atoms with Crippen LogP contribution in [0.5, 0.6) is 0 Å². The Morgan fingerprint density at radius 2 is 1.97 bits per heavy atom. The lowest BCUT2D eigenvalue weighted by molar-refractivity contribution is -0.131. The van der Waals surface area contributed by atoms with E-state index in [2.05, 4.69) is 10.6 Å². The molecule has 2 fully saturated rings. The highest BCUT2D eigenvalue weighted by Crippen LogP contribution is 2.41. The maximum absolute atomic E-state index is 13.5. The molecule has 3 amide bonds. The van der Waals surface area contributed by atoms with Gasteiger partial charge in [-0.2, -0.15) is 0 Å². The van der Waals surface area contributed by atoms with Gasteiger partial charge in [0.15, 0.2) is 0 Å². The molecule has 0 bridgehead atoms. The van der Waals surface area contributed by atoms with Gasteiger partial charge in [0.1, 0.15) is 5.82 Å². The van der Waals surface area contributed by atoms with Crippen LogP contribution in [-0.2, 0) is 14.4 Å². The van der Waals surface area contributed by atoms with Gasteiger partial charge in [-0.1, -0.05) is 25.0 Å². The van der Waals surface area contributed by atoms with Gasteiger partial charge in [-0.15, -0.1) is 0 Å². The first-order valence-electron chi connectivity index (χ1n) is 11.0. The number of amides is 3. The highest BCUT2D eigenvalue weighted by molar-refractivity contribution is 5.79. The van der Waals surface area contributed by atoms with Crippen LogP contribution in [0.4, 0.5) is 4.39 Å². The van der Waals surface area contributed by atoms with Crippen LogP contribution in [0.2, 0.25) is 0 Å². The van der Waals surface area contributed by atoms with Gasteiger partial charge in [-0.25, -0.2) is 4.39 Å². The maximum Gasteiger partial charge on any atom is 0.222 e. The summed E-state index contributed by atoms with van der Waals surface area (Å²) in [7, 11) is 0. The third-order valence-corrected chi connectivity index (χ3v) is 6.27. The number of carbonyl (C=O) groups is 3. The third-order valence-electron chi connectivity index (χ3n) is 6.27. The summed E-state index contributed by atoms with van der Waals surface area (Å²) >= 11 is 0. The van der Waals surface area contributed by atoms with Gasteiger partial charge in [-0.3, -0.25) is 14.4 Å². The number of hydrogen-bond acceptors (Lipinski definition) is 3. The molecule has 7 heteroatoms. The van der Waals surface area contributed by atoms with Crippen molar-refractivity contribution in [2.24, 2.45) is 0 Å². The van der Waals surface area contributed by atoms with Crippen LogP contribution >= 0.6 is 0 Å². The Labute approximate surface area is 177 Å². The third kappa shape index (κ3) is 5.58. The second kappa shape index (κ2) is 10.0. The van der Waals surface area contributed by atoms with Gasteiger partial charge in [0, 0.05) is 45.3 Å². The van der Waals surface area contributed by atoms with E-state index in [1.54, 1.807) is 12.1 Å². The van der Waals surface area contributed by atoms with Crippen LogP contribution in [0.15, 0.2) is 24.3 Å². The van der Waals surface area contributed by atoms with Crippen LogP contribution in [0.1, 0.15) is 69.8 Å². The minimum absolute atomic E-state index is 0.0341. The Kier molecular flexibility index (Phi) is 7.45. The molecule has 0 radical (unpaired) electrons. The molecule has 2 atom stereocenters. The van der Waals surface area contributed by atoms with Gasteiger partial charge in [-0.05, 0) is 43.4 Å². The number of benzene rings is 1. The molecule has 2 aliphatic rings. The van der Waals surface area contributed by atoms with Crippen LogP contribution < -0.4 is 10.6 Å². The second-order valence-corrected chi connectivity index (χ2v) is 8.58. The van der Waals surface area contributed by atoms with Crippen molar-refractivity contribution in [1.82, 2.24) is 15.5 Å². The quantitative estimate of drug-likeness (QED) is 0.670. The van der Waals surface area contributed by atoms with Gasteiger partial charge in [0.25, 0.3) is 0 Å². The van der Waals surface area contributed by atoms with Gasteiger partial charge < -0.3 is 15.5 Å². The van der Waals surface area contributed by atoms with Crippen molar-refractivity contribution in [2.45, 2.75) is 69.7 Å². The highest BCUT2D eigenvalue weighted by Gasteiger charge is 2.49. The molecule has 1 aromatic rings. The van der Waals surface area contributed by atoms with Crippen molar-refractivity contribution in [3.05, 3.63) is 35.6 Å². The molecule has 1 aromatic carbocycles. The maximum atomic E-state index is 13.5. The Hall–Kier alpha value is -2.44. The summed E-state index contributed by atoms with van der Waals surface area (Å²) in [6.45, 7) is 3.17. The molecular weight excluding hydrogens is 385 g/mol. The van der Waals surface area contributed by atoms with Crippen LogP contribution in [-0.4, -0.2) is 47.8 Å². The van der Waals surface area contributed by atoms with Gasteiger partial charge in [0.05, 0.1) is 5.54 Å². The van der Waals surface area contributed by atoms with E-state index in [-0.39, 0.29) is 29.5 Å². The standard InChI is InChI=1S/C23H32FN3O3/c1-17(28)25-14-6-2-3-8-22(30)27-15-20(18-9-11-19(24)12-10-18)23(16-27)13-5-4-7-21(29)26-23/h9-12,20H,2-8,13-16H2,1H3,(H,25,28)(H,26,29)/t20-,23+/m0/s1.